The summed E-state index contributed by atoms with van der Waals surface area (Å²) in [6.45, 7) is -0.0357. The van der Waals surface area contributed by atoms with E-state index in [0.717, 1.165) is 19.4 Å². The molecule has 0 aromatic heterocycles. The molecular weight excluding hydrogens is 395 g/mol. The maximum absolute atomic E-state index is 9.26. The molecule has 0 heterocycles. The summed E-state index contributed by atoms with van der Waals surface area (Å²) in [4.78, 5) is 0. The molecule has 0 atom stereocenters. The highest BCUT2D eigenvalue weighted by Gasteiger charge is 2.07. The average Bonchev–Trinajstić information content (AvgIpc) is 2.32. The normalized spacial score (nSPS) is 10.3. The Morgan fingerprint density at radius 3 is 2.59 bits per heavy atom. The van der Waals surface area contributed by atoms with Crippen molar-refractivity contribution in [2.45, 2.75) is 6.61 Å². The topological polar surface area (TPSA) is 29.5 Å². The standard InChI is InChI=1S/C13H10BrIO2/c14-10-6-5-9(8-16)13(7-10)17-12-4-2-1-3-11(12)15/h1-7,16H,8H2. The van der Waals surface area contributed by atoms with Gasteiger partial charge >= 0.3 is 0 Å². The van der Waals surface area contributed by atoms with Crippen LogP contribution in [0.2, 0.25) is 0 Å². The summed E-state index contributed by atoms with van der Waals surface area (Å²) in [5.41, 5.74) is 0.771. The van der Waals surface area contributed by atoms with E-state index in [2.05, 4.69) is 38.5 Å². The number of ether oxygens (including phenoxy) is 1. The van der Waals surface area contributed by atoms with Crippen LogP contribution in [0.3, 0.4) is 0 Å². The Bertz CT molecular complexity index is 529. The number of halogens is 2. The highest BCUT2D eigenvalue weighted by molar-refractivity contribution is 14.1. The Hall–Kier alpha value is -0.590. The van der Waals surface area contributed by atoms with Gasteiger partial charge in [-0.15, -0.1) is 0 Å². The van der Waals surface area contributed by atoms with Gasteiger partial charge in [0.15, 0.2) is 0 Å². The zero-order valence-corrected chi connectivity index (χ0v) is 12.6. The first-order chi connectivity index (χ1) is 8.20. The zero-order valence-electron chi connectivity index (χ0n) is 8.86. The minimum Gasteiger partial charge on any atom is -0.456 e. The molecule has 17 heavy (non-hydrogen) atoms. The van der Waals surface area contributed by atoms with E-state index in [4.69, 9.17) is 4.74 Å². The van der Waals surface area contributed by atoms with Crippen LogP contribution in [0.4, 0.5) is 0 Å². The molecule has 0 aliphatic heterocycles. The molecule has 0 amide bonds. The van der Waals surface area contributed by atoms with Gasteiger partial charge in [0, 0.05) is 10.0 Å². The largest absolute Gasteiger partial charge is 0.456 e. The van der Waals surface area contributed by atoms with Crippen molar-refractivity contribution in [1.29, 1.82) is 0 Å². The molecule has 0 fully saturated rings. The smallest absolute Gasteiger partial charge is 0.140 e. The summed E-state index contributed by atoms with van der Waals surface area (Å²) >= 11 is 5.61. The van der Waals surface area contributed by atoms with Gasteiger partial charge in [-0.05, 0) is 46.9 Å². The van der Waals surface area contributed by atoms with Crippen molar-refractivity contribution in [1.82, 2.24) is 0 Å². The van der Waals surface area contributed by atoms with Crippen LogP contribution < -0.4 is 4.74 Å². The molecule has 0 bridgehead atoms. The minimum atomic E-state index is -0.0357. The zero-order chi connectivity index (χ0) is 12.3. The molecule has 0 aliphatic carbocycles. The molecule has 0 saturated carbocycles. The second-order valence-corrected chi connectivity index (χ2v) is 5.52. The van der Waals surface area contributed by atoms with E-state index in [-0.39, 0.29) is 6.61 Å². The van der Waals surface area contributed by atoms with E-state index < -0.39 is 0 Å². The molecular formula is C13H10BrIO2. The molecule has 0 unspecified atom stereocenters. The fourth-order valence-corrected chi connectivity index (χ4v) is 2.24. The van der Waals surface area contributed by atoms with Gasteiger partial charge in [0.2, 0.25) is 0 Å². The maximum Gasteiger partial charge on any atom is 0.140 e. The lowest BCUT2D eigenvalue weighted by atomic mass is 10.2. The summed E-state index contributed by atoms with van der Waals surface area (Å²) in [5.74, 6) is 1.46. The van der Waals surface area contributed by atoms with Crippen LogP contribution >= 0.6 is 38.5 Å². The first kappa shape index (κ1) is 12.9. The Morgan fingerprint density at radius 2 is 1.88 bits per heavy atom. The van der Waals surface area contributed by atoms with E-state index in [0.29, 0.717) is 5.75 Å². The van der Waals surface area contributed by atoms with E-state index in [9.17, 15) is 5.11 Å². The number of aliphatic hydroxyl groups is 1. The van der Waals surface area contributed by atoms with E-state index in [1.54, 1.807) is 0 Å². The number of benzene rings is 2. The third-order valence-electron chi connectivity index (χ3n) is 2.26. The van der Waals surface area contributed by atoms with Gasteiger partial charge in [-0.25, -0.2) is 0 Å². The summed E-state index contributed by atoms with van der Waals surface area (Å²) in [5, 5.41) is 9.26. The molecule has 2 nitrogen and oxygen atoms in total. The van der Waals surface area contributed by atoms with Crippen LogP contribution in [0, 0.1) is 3.57 Å². The van der Waals surface area contributed by atoms with Gasteiger partial charge in [0.25, 0.3) is 0 Å². The van der Waals surface area contributed by atoms with E-state index >= 15 is 0 Å². The third kappa shape index (κ3) is 3.20. The SMILES string of the molecule is OCc1ccc(Br)cc1Oc1ccccc1I. The van der Waals surface area contributed by atoms with Crippen LogP contribution in [-0.4, -0.2) is 5.11 Å². The van der Waals surface area contributed by atoms with Gasteiger partial charge in [-0.2, -0.15) is 0 Å². The van der Waals surface area contributed by atoms with E-state index in [1.807, 2.05) is 42.5 Å². The number of aliphatic hydroxyl groups excluding tert-OH is 1. The van der Waals surface area contributed by atoms with Gasteiger partial charge in [-0.3, -0.25) is 0 Å². The molecule has 1 N–H and O–H groups in total. The van der Waals surface area contributed by atoms with Gasteiger partial charge in [0.05, 0.1) is 10.2 Å². The fourth-order valence-electron chi connectivity index (χ4n) is 1.40. The third-order valence-corrected chi connectivity index (χ3v) is 3.64. The second kappa shape index (κ2) is 5.84. The fraction of sp³-hybridized carbons (Fsp3) is 0.0769. The first-order valence-corrected chi connectivity index (χ1v) is 6.89. The minimum absolute atomic E-state index is 0.0357. The van der Waals surface area contributed by atoms with Gasteiger partial charge in [-0.1, -0.05) is 34.1 Å². The van der Waals surface area contributed by atoms with Crippen LogP contribution in [-0.2, 0) is 6.61 Å². The van der Waals surface area contributed by atoms with Crippen molar-refractivity contribution in [3.63, 3.8) is 0 Å². The monoisotopic (exact) mass is 404 g/mol. The van der Waals surface area contributed by atoms with Crippen molar-refractivity contribution in [2.75, 3.05) is 0 Å². The lowest BCUT2D eigenvalue weighted by Gasteiger charge is -2.11. The molecule has 0 saturated heterocycles. The summed E-state index contributed by atoms with van der Waals surface area (Å²) in [6.07, 6.45) is 0. The van der Waals surface area contributed by atoms with Crippen molar-refractivity contribution < 1.29 is 9.84 Å². The van der Waals surface area contributed by atoms with Gasteiger partial charge < -0.3 is 9.84 Å². The van der Waals surface area contributed by atoms with Gasteiger partial charge in [0.1, 0.15) is 11.5 Å². The Labute approximate surface area is 122 Å². The quantitative estimate of drug-likeness (QED) is 0.771. The molecule has 0 spiro atoms. The lowest BCUT2D eigenvalue weighted by molar-refractivity contribution is 0.276. The van der Waals surface area contributed by atoms with Crippen molar-refractivity contribution in [2.24, 2.45) is 0 Å². The molecule has 2 aromatic rings. The average molecular weight is 405 g/mol. The van der Waals surface area contributed by atoms with Crippen LogP contribution in [0.1, 0.15) is 5.56 Å². The van der Waals surface area contributed by atoms with Crippen molar-refractivity contribution >= 4 is 38.5 Å². The first-order valence-electron chi connectivity index (χ1n) is 5.02. The maximum atomic E-state index is 9.26. The molecule has 2 aromatic carbocycles. The molecule has 4 heteroatoms. The summed E-state index contributed by atoms with van der Waals surface area (Å²) in [7, 11) is 0. The predicted molar refractivity (Wildman–Crippen MR) is 79.3 cm³/mol. The number of para-hydroxylation sites is 1. The number of hydrogen-bond acceptors (Lipinski definition) is 2. The number of rotatable bonds is 3. The van der Waals surface area contributed by atoms with E-state index in [1.165, 1.54) is 0 Å². The summed E-state index contributed by atoms with van der Waals surface area (Å²) in [6, 6.07) is 13.4. The highest BCUT2D eigenvalue weighted by atomic mass is 127. The van der Waals surface area contributed by atoms with Crippen molar-refractivity contribution in [3.8, 4) is 11.5 Å². The summed E-state index contributed by atoms with van der Waals surface area (Å²) < 4.78 is 7.78. The highest BCUT2D eigenvalue weighted by Crippen LogP contribution is 2.31. The van der Waals surface area contributed by atoms with Crippen molar-refractivity contribution in [3.05, 3.63) is 56.1 Å². The van der Waals surface area contributed by atoms with Crippen LogP contribution in [0.5, 0.6) is 11.5 Å². The predicted octanol–water partition coefficient (Wildman–Crippen LogP) is 4.34. The Balaban J connectivity index is 2.35. The number of hydrogen-bond donors (Lipinski definition) is 1. The van der Waals surface area contributed by atoms with Crippen LogP contribution in [0.15, 0.2) is 46.9 Å². The molecule has 0 aliphatic rings. The molecule has 0 radical (unpaired) electrons. The second-order valence-electron chi connectivity index (χ2n) is 3.44. The Morgan fingerprint density at radius 1 is 1.12 bits per heavy atom. The molecule has 88 valence electrons. The van der Waals surface area contributed by atoms with Crippen LogP contribution in [0.25, 0.3) is 0 Å². The molecule has 2 rings (SSSR count). The lowest BCUT2D eigenvalue weighted by Crippen LogP contribution is -1.93. The Kier molecular flexibility index (Phi) is 4.42.